The van der Waals surface area contributed by atoms with Crippen LogP contribution in [0.5, 0.6) is 0 Å². The number of hydrogen-bond donors (Lipinski definition) is 1. The Morgan fingerprint density at radius 3 is 2.41 bits per heavy atom. The van der Waals surface area contributed by atoms with E-state index in [0.29, 0.717) is 31.7 Å². The van der Waals surface area contributed by atoms with Gasteiger partial charge in [-0.25, -0.2) is 0 Å². The zero-order valence-electron chi connectivity index (χ0n) is 20.3. The second-order valence-corrected chi connectivity index (χ2v) is 8.56. The first-order chi connectivity index (χ1) is 16.5. The van der Waals surface area contributed by atoms with Crippen LogP contribution in [-0.2, 0) is 21.3 Å². The molecule has 0 bridgehead atoms. The first kappa shape index (κ1) is 24.0. The van der Waals surface area contributed by atoms with Crippen LogP contribution in [0.15, 0.2) is 54.7 Å². The third kappa shape index (κ3) is 4.45. The summed E-state index contributed by atoms with van der Waals surface area (Å²) >= 11 is 0. The highest BCUT2D eigenvalue weighted by Gasteiger charge is 2.43. The van der Waals surface area contributed by atoms with E-state index in [2.05, 4.69) is 5.32 Å². The molecule has 1 aliphatic rings. The minimum Gasteiger partial charge on any atom is -0.355 e. The molecule has 0 saturated carbocycles. The molecular formula is C27H33N3O4. The van der Waals surface area contributed by atoms with Gasteiger partial charge in [0.05, 0.1) is 12.0 Å². The summed E-state index contributed by atoms with van der Waals surface area (Å²) in [6.45, 7) is 5.35. The number of fused-ring (bicyclic) bond motifs is 2. The largest absolute Gasteiger partial charge is 0.355 e. The standard InChI is InChI=1S/C27H33N3O4/c1-5-33-23(34-6-2)15-16-28-26(31)24-19-12-7-8-13-20(19)27(32)30(4)25(24)21-17-29(3)22-14-10-9-11-18(21)22/h7-14,17,23-25H,5-6,15-16H2,1-4H3,(H,28,31)/t24-,25+/m1/s1. The quantitative estimate of drug-likeness (QED) is 0.487. The molecule has 0 fully saturated rings. The number of hydrogen-bond acceptors (Lipinski definition) is 4. The van der Waals surface area contributed by atoms with Crippen molar-refractivity contribution in [1.29, 1.82) is 0 Å². The number of nitrogens with zero attached hydrogens (tertiary/aromatic N) is 2. The number of carbonyl (C=O) groups excluding carboxylic acids is 2. The first-order valence-electron chi connectivity index (χ1n) is 11.9. The van der Waals surface area contributed by atoms with Gasteiger partial charge in [0.25, 0.3) is 5.91 Å². The maximum atomic E-state index is 13.7. The lowest BCUT2D eigenvalue weighted by atomic mass is 9.79. The van der Waals surface area contributed by atoms with Gasteiger partial charge in [-0.15, -0.1) is 0 Å². The van der Waals surface area contributed by atoms with Crippen molar-refractivity contribution in [3.63, 3.8) is 0 Å². The molecule has 2 atom stereocenters. The van der Waals surface area contributed by atoms with Gasteiger partial charge in [-0.05, 0) is 31.5 Å². The van der Waals surface area contributed by atoms with Gasteiger partial charge in [-0.1, -0.05) is 36.4 Å². The van der Waals surface area contributed by atoms with Gasteiger partial charge < -0.3 is 24.3 Å². The number of likely N-dealkylation sites (N-methyl/N-ethyl adjacent to an activating group) is 1. The molecule has 0 spiro atoms. The van der Waals surface area contributed by atoms with E-state index in [0.717, 1.165) is 22.0 Å². The normalized spacial score (nSPS) is 17.9. The van der Waals surface area contributed by atoms with Crippen molar-refractivity contribution < 1.29 is 19.1 Å². The monoisotopic (exact) mass is 463 g/mol. The van der Waals surface area contributed by atoms with E-state index in [4.69, 9.17) is 9.47 Å². The Morgan fingerprint density at radius 2 is 1.68 bits per heavy atom. The number of rotatable bonds is 9. The number of para-hydroxylation sites is 1. The zero-order chi connectivity index (χ0) is 24.2. The van der Waals surface area contributed by atoms with Gasteiger partial charge in [-0.2, -0.15) is 0 Å². The molecule has 34 heavy (non-hydrogen) atoms. The molecule has 0 saturated heterocycles. The molecule has 180 valence electrons. The molecule has 2 aromatic carbocycles. The predicted molar refractivity (Wildman–Crippen MR) is 132 cm³/mol. The van der Waals surface area contributed by atoms with Crippen LogP contribution < -0.4 is 5.32 Å². The fourth-order valence-electron chi connectivity index (χ4n) is 4.96. The van der Waals surface area contributed by atoms with Crippen molar-refractivity contribution in [3.8, 4) is 0 Å². The number of amides is 2. The van der Waals surface area contributed by atoms with Gasteiger partial charge in [0.2, 0.25) is 5.91 Å². The Balaban J connectivity index is 1.70. The maximum Gasteiger partial charge on any atom is 0.254 e. The second-order valence-electron chi connectivity index (χ2n) is 8.56. The third-order valence-electron chi connectivity index (χ3n) is 6.49. The lowest BCUT2D eigenvalue weighted by Crippen LogP contribution is -2.46. The average molecular weight is 464 g/mol. The number of aromatic nitrogens is 1. The molecular weight excluding hydrogens is 430 g/mol. The summed E-state index contributed by atoms with van der Waals surface area (Å²) in [6, 6.07) is 15.1. The summed E-state index contributed by atoms with van der Waals surface area (Å²) in [7, 11) is 3.77. The van der Waals surface area contributed by atoms with Crippen LogP contribution in [0.2, 0.25) is 0 Å². The Labute approximate surface area is 200 Å². The van der Waals surface area contributed by atoms with Crippen LogP contribution in [0, 0.1) is 0 Å². The molecule has 1 aromatic heterocycles. The van der Waals surface area contributed by atoms with Crippen LogP contribution in [-0.4, -0.2) is 54.4 Å². The van der Waals surface area contributed by atoms with E-state index in [-0.39, 0.29) is 18.1 Å². The Hall–Kier alpha value is -3.16. The highest BCUT2D eigenvalue weighted by molar-refractivity contribution is 6.02. The smallest absolute Gasteiger partial charge is 0.254 e. The van der Waals surface area contributed by atoms with Crippen molar-refractivity contribution in [1.82, 2.24) is 14.8 Å². The Morgan fingerprint density at radius 1 is 1.00 bits per heavy atom. The molecule has 0 unspecified atom stereocenters. The van der Waals surface area contributed by atoms with Crippen molar-refractivity contribution in [2.45, 2.75) is 38.5 Å². The Kier molecular flexibility index (Phi) is 7.34. The van der Waals surface area contributed by atoms with Gasteiger partial charge in [0.15, 0.2) is 6.29 Å². The highest BCUT2D eigenvalue weighted by Crippen LogP contribution is 2.44. The number of nitrogens with one attached hydrogen (secondary N) is 1. The molecule has 4 rings (SSSR count). The van der Waals surface area contributed by atoms with E-state index in [1.807, 2.05) is 74.1 Å². The molecule has 0 aliphatic carbocycles. The van der Waals surface area contributed by atoms with Crippen molar-refractivity contribution in [2.75, 3.05) is 26.8 Å². The molecule has 3 aromatic rings. The van der Waals surface area contributed by atoms with E-state index >= 15 is 0 Å². The topological polar surface area (TPSA) is 72.8 Å². The maximum absolute atomic E-state index is 13.7. The predicted octanol–water partition coefficient (Wildman–Crippen LogP) is 3.99. The Bertz CT molecular complexity index is 1170. The number of carbonyl (C=O) groups is 2. The second kappa shape index (κ2) is 10.4. The molecule has 0 radical (unpaired) electrons. The molecule has 2 amide bonds. The third-order valence-corrected chi connectivity index (χ3v) is 6.49. The van der Waals surface area contributed by atoms with Crippen LogP contribution in [0.3, 0.4) is 0 Å². The molecule has 1 N–H and O–H groups in total. The van der Waals surface area contributed by atoms with Gasteiger partial charge >= 0.3 is 0 Å². The molecule has 7 heteroatoms. The lowest BCUT2D eigenvalue weighted by Gasteiger charge is -2.39. The summed E-state index contributed by atoms with van der Waals surface area (Å²) < 4.78 is 13.3. The summed E-state index contributed by atoms with van der Waals surface area (Å²) in [5.74, 6) is -0.732. The van der Waals surface area contributed by atoms with Crippen LogP contribution >= 0.6 is 0 Å². The average Bonchev–Trinajstić information content (AvgIpc) is 3.17. The van der Waals surface area contributed by atoms with E-state index in [1.54, 1.807) is 18.0 Å². The summed E-state index contributed by atoms with van der Waals surface area (Å²) in [6.07, 6.45) is 2.23. The van der Waals surface area contributed by atoms with E-state index in [1.165, 1.54) is 0 Å². The zero-order valence-corrected chi connectivity index (χ0v) is 20.3. The summed E-state index contributed by atoms with van der Waals surface area (Å²) in [5, 5.41) is 4.13. The van der Waals surface area contributed by atoms with Crippen molar-refractivity contribution >= 4 is 22.7 Å². The van der Waals surface area contributed by atoms with Gasteiger partial charge in [0, 0.05) is 68.5 Å². The summed E-state index contributed by atoms with van der Waals surface area (Å²) in [5.41, 5.74) is 3.35. The minimum absolute atomic E-state index is 0.0784. The van der Waals surface area contributed by atoms with Gasteiger partial charge in [-0.3, -0.25) is 9.59 Å². The summed E-state index contributed by atoms with van der Waals surface area (Å²) in [4.78, 5) is 28.7. The highest BCUT2D eigenvalue weighted by atomic mass is 16.7. The molecule has 1 aliphatic heterocycles. The van der Waals surface area contributed by atoms with Crippen LogP contribution in [0.25, 0.3) is 10.9 Å². The van der Waals surface area contributed by atoms with Crippen molar-refractivity contribution in [3.05, 3.63) is 71.4 Å². The molecule has 2 heterocycles. The van der Waals surface area contributed by atoms with Crippen LogP contribution in [0.4, 0.5) is 0 Å². The fourth-order valence-corrected chi connectivity index (χ4v) is 4.96. The van der Waals surface area contributed by atoms with E-state index < -0.39 is 12.0 Å². The van der Waals surface area contributed by atoms with E-state index in [9.17, 15) is 9.59 Å². The SMILES string of the molecule is CCOC(CCNC(=O)[C@@H]1c2ccccc2C(=O)N(C)[C@H]1c1cn(C)c2ccccc12)OCC. The number of aryl methyl sites for hydroxylation is 1. The number of ether oxygens (including phenoxy) is 2. The molecule has 7 nitrogen and oxygen atoms in total. The lowest BCUT2D eigenvalue weighted by molar-refractivity contribution is -0.140. The fraction of sp³-hybridized carbons (Fsp3) is 0.407. The van der Waals surface area contributed by atoms with Crippen LogP contribution in [0.1, 0.15) is 53.7 Å². The van der Waals surface area contributed by atoms with Crippen molar-refractivity contribution in [2.24, 2.45) is 7.05 Å². The number of benzene rings is 2. The first-order valence-corrected chi connectivity index (χ1v) is 11.9. The minimum atomic E-state index is -0.539. The van der Waals surface area contributed by atoms with Gasteiger partial charge in [0.1, 0.15) is 0 Å².